The van der Waals surface area contributed by atoms with Crippen LogP contribution in [-0.2, 0) is 4.79 Å². The second kappa shape index (κ2) is 7.10. The van der Waals surface area contributed by atoms with Crippen LogP contribution in [0.4, 0.5) is 10.5 Å². The van der Waals surface area contributed by atoms with E-state index in [4.69, 9.17) is 10.2 Å². The van der Waals surface area contributed by atoms with Gasteiger partial charge >= 0.3 is 12.0 Å². The van der Waals surface area contributed by atoms with Gasteiger partial charge in [0, 0.05) is 23.1 Å². The van der Waals surface area contributed by atoms with Crippen molar-refractivity contribution in [3.05, 3.63) is 28.2 Å². The molecule has 1 aromatic rings. The lowest BCUT2D eigenvalue weighted by Crippen LogP contribution is -2.33. The number of halogens is 1. The Bertz CT molecular complexity index is 479. The number of carbonyl (C=O) groups excluding carboxylic acids is 1. The minimum atomic E-state index is -1.46. The van der Waals surface area contributed by atoms with Crippen molar-refractivity contribution in [3.8, 4) is 0 Å². The van der Waals surface area contributed by atoms with E-state index in [1.54, 1.807) is 12.1 Å². The molecule has 4 N–H and O–H groups in total. The number of nitrogens with one attached hydrogen (secondary N) is 2. The molecule has 7 heteroatoms. The summed E-state index contributed by atoms with van der Waals surface area (Å²) in [6.45, 7) is 1.93. The SMILES string of the molecule is Cc1c(Br)cccc1NC(=O)NCCC(O)C(=O)O. The quantitative estimate of drug-likeness (QED) is 0.660. The lowest BCUT2D eigenvalue weighted by atomic mass is 10.2. The number of urea groups is 1. The molecule has 104 valence electrons. The van der Waals surface area contributed by atoms with E-state index in [-0.39, 0.29) is 13.0 Å². The first kappa shape index (κ1) is 15.5. The number of carboxylic acid groups (broad SMARTS) is 1. The molecule has 0 saturated carbocycles. The number of aliphatic carboxylic acids is 1. The fraction of sp³-hybridized carbons (Fsp3) is 0.333. The number of amides is 2. The van der Waals surface area contributed by atoms with Crippen molar-refractivity contribution in [2.24, 2.45) is 0 Å². The molecule has 0 radical (unpaired) electrons. The number of rotatable bonds is 5. The maximum absolute atomic E-state index is 11.6. The summed E-state index contributed by atoms with van der Waals surface area (Å²) in [4.78, 5) is 21.9. The van der Waals surface area contributed by atoms with Gasteiger partial charge in [-0.2, -0.15) is 0 Å². The normalized spacial score (nSPS) is 11.7. The van der Waals surface area contributed by atoms with Crippen LogP contribution >= 0.6 is 15.9 Å². The summed E-state index contributed by atoms with van der Waals surface area (Å²) in [6, 6.07) is 4.97. The van der Waals surface area contributed by atoms with Crippen molar-refractivity contribution in [3.63, 3.8) is 0 Å². The van der Waals surface area contributed by atoms with Gasteiger partial charge in [-0.15, -0.1) is 0 Å². The van der Waals surface area contributed by atoms with Crippen LogP contribution in [-0.4, -0.2) is 34.9 Å². The Kier molecular flexibility index (Phi) is 5.78. The largest absolute Gasteiger partial charge is 0.479 e. The zero-order valence-electron chi connectivity index (χ0n) is 10.3. The van der Waals surface area contributed by atoms with Crippen molar-refractivity contribution >= 4 is 33.6 Å². The van der Waals surface area contributed by atoms with Gasteiger partial charge in [-0.1, -0.05) is 22.0 Å². The molecule has 1 unspecified atom stereocenters. The summed E-state index contributed by atoms with van der Waals surface area (Å²) in [7, 11) is 0. The summed E-state index contributed by atoms with van der Waals surface area (Å²) in [5, 5.41) is 22.6. The van der Waals surface area contributed by atoms with Crippen molar-refractivity contribution in [2.75, 3.05) is 11.9 Å². The molecule has 0 saturated heterocycles. The molecule has 0 aliphatic heterocycles. The van der Waals surface area contributed by atoms with Crippen LogP contribution in [0.15, 0.2) is 22.7 Å². The molecule has 0 aliphatic rings. The third-order valence-corrected chi connectivity index (χ3v) is 3.36. The Morgan fingerprint density at radius 1 is 1.42 bits per heavy atom. The van der Waals surface area contributed by atoms with Gasteiger partial charge in [0.15, 0.2) is 6.10 Å². The maximum atomic E-state index is 11.6. The van der Waals surface area contributed by atoms with E-state index in [0.717, 1.165) is 10.0 Å². The molecule has 0 heterocycles. The highest BCUT2D eigenvalue weighted by molar-refractivity contribution is 9.10. The molecule has 0 bridgehead atoms. The minimum Gasteiger partial charge on any atom is -0.479 e. The highest BCUT2D eigenvalue weighted by atomic mass is 79.9. The molecule has 1 atom stereocenters. The number of aliphatic hydroxyl groups is 1. The van der Waals surface area contributed by atoms with Gasteiger partial charge in [-0.25, -0.2) is 9.59 Å². The van der Waals surface area contributed by atoms with Gasteiger partial charge < -0.3 is 20.8 Å². The molecule has 0 fully saturated rings. The molecule has 0 aromatic heterocycles. The lowest BCUT2D eigenvalue weighted by Gasteiger charge is -2.11. The highest BCUT2D eigenvalue weighted by Gasteiger charge is 2.13. The van der Waals surface area contributed by atoms with E-state index in [1.807, 2.05) is 13.0 Å². The molecule has 1 rings (SSSR count). The van der Waals surface area contributed by atoms with E-state index < -0.39 is 18.1 Å². The zero-order valence-corrected chi connectivity index (χ0v) is 11.9. The number of carboxylic acids is 1. The Labute approximate surface area is 118 Å². The third-order valence-electron chi connectivity index (χ3n) is 2.50. The van der Waals surface area contributed by atoms with Gasteiger partial charge in [0.25, 0.3) is 0 Å². The summed E-state index contributed by atoms with van der Waals surface area (Å²) < 4.78 is 0.881. The van der Waals surface area contributed by atoms with Crippen LogP contribution < -0.4 is 10.6 Å². The Morgan fingerprint density at radius 2 is 2.11 bits per heavy atom. The van der Waals surface area contributed by atoms with Crippen LogP contribution in [0.5, 0.6) is 0 Å². The van der Waals surface area contributed by atoms with Crippen molar-refractivity contribution in [1.29, 1.82) is 0 Å². The molecule has 19 heavy (non-hydrogen) atoms. The number of benzene rings is 1. The average Bonchev–Trinajstić information content (AvgIpc) is 2.34. The maximum Gasteiger partial charge on any atom is 0.332 e. The van der Waals surface area contributed by atoms with Crippen molar-refractivity contribution < 1.29 is 19.8 Å². The van der Waals surface area contributed by atoms with Crippen LogP contribution in [0.25, 0.3) is 0 Å². The second-order valence-corrected chi connectivity index (χ2v) is 4.79. The first-order chi connectivity index (χ1) is 8.91. The minimum absolute atomic E-state index is 0.0414. The smallest absolute Gasteiger partial charge is 0.332 e. The fourth-order valence-electron chi connectivity index (χ4n) is 1.36. The van der Waals surface area contributed by atoms with Crippen molar-refractivity contribution in [2.45, 2.75) is 19.4 Å². The van der Waals surface area contributed by atoms with Gasteiger partial charge in [0.05, 0.1) is 0 Å². The van der Waals surface area contributed by atoms with Gasteiger partial charge in [-0.3, -0.25) is 0 Å². The van der Waals surface area contributed by atoms with Crippen molar-refractivity contribution in [1.82, 2.24) is 5.32 Å². The zero-order chi connectivity index (χ0) is 14.4. The fourth-order valence-corrected chi connectivity index (χ4v) is 1.72. The van der Waals surface area contributed by atoms with E-state index in [0.29, 0.717) is 5.69 Å². The number of anilines is 1. The molecule has 2 amide bonds. The standard InChI is InChI=1S/C12H15BrN2O4/c1-7-8(13)3-2-4-9(7)15-12(19)14-6-5-10(16)11(17)18/h2-4,10,16H,5-6H2,1H3,(H,17,18)(H2,14,15,19). The average molecular weight is 331 g/mol. The van der Waals surface area contributed by atoms with Gasteiger partial charge in [0.1, 0.15) is 0 Å². The molecular weight excluding hydrogens is 316 g/mol. The monoisotopic (exact) mass is 330 g/mol. The molecule has 0 aliphatic carbocycles. The number of hydrogen-bond donors (Lipinski definition) is 4. The number of carbonyl (C=O) groups is 2. The molecule has 1 aromatic carbocycles. The van der Waals surface area contributed by atoms with E-state index >= 15 is 0 Å². The summed E-state index contributed by atoms with van der Waals surface area (Å²) in [5.74, 6) is -1.30. The van der Waals surface area contributed by atoms with Crippen LogP contribution in [0.2, 0.25) is 0 Å². The van der Waals surface area contributed by atoms with Gasteiger partial charge in [-0.05, 0) is 24.6 Å². The topological polar surface area (TPSA) is 98.7 Å². The summed E-state index contributed by atoms with van der Waals surface area (Å²) in [6.07, 6.45) is -1.51. The molecule has 0 spiro atoms. The van der Waals surface area contributed by atoms with Crippen LogP contribution in [0, 0.1) is 6.92 Å². The molecular formula is C12H15BrN2O4. The first-order valence-electron chi connectivity index (χ1n) is 5.62. The van der Waals surface area contributed by atoms with E-state index in [9.17, 15) is 9.59 Å². The Balaban J connectivity index is 2.43. The van der Waals surface area contributed by atoms with Gasteiger partial charge in [0.2, 0.25) is 0 Å². The predicted octanol–water partition coefficient (Wildman–Crippen LogP) is 1.71. The molecule has 6 nitrogen and oxygen atoms in total. The van der Waals surface area contributed by atoms with E-state index in [2.05, 4.69) is 26.6 Å². The van der Waals surface area contributed by atoms with E-state index in [1.165, 1.54) is 0 Å². The predicted molar refractivity (Wildman–Crippen MR) is 74.2 cm³/mol. The Hall–Kier alpha value is -1.60. The third kappa shape index (κ3) is 4.88. The second-order valence-electron chi connectivity index (χ2n) is 3.94. The number of aliphatic hydroxyl groups excluding tert-OH is 1. The van der Waals surface area contributed by atoms with Crippen LogP contribution in [0.1, 0.15) is 12.0 Å². The first-order valence-corrected chi connectivity index (χ1v) is 6.42. The summed E-state index contributed by atoms with van der Waals surface area (Å²) in [5.41, 5.74) is 1.55. The Morgan fingerprint density at radius 3 is 2.74 bits per heavy atom. The summed E-state index contributed by atoms with van der Waals surface area (Å²) >= 11 is 3.35. The van der Waals surface area contributed by atoms with Crippen LogP contribution in [0.3, 0.4) is 0 Å². The highest BCUT2D eigenvalue weighted by Crippen LogP contribution is 2.23. The lowest BCUT2D eigenvalue weighted by molar-refractivity contribution is -0.146. The number of hydrogen-bond acceptors (Lipinski definition) is 3.